The van der Waals surface area contributed by atoms with Crippen LogP contribution in [0.5, 0.6) is 0 Å². The molecule has 0 spiro atoms. The molecule has 3 rings (SSSR count). The summed E-state index contributed by atoms with van der Waals surface area (Å²) in [5, 5.41) is 7.59. The highest BCUT2D eigenvalue weighted by atomic mass is 15.3. The maximum Gasteiger partial charge on any atom is 0.115 e. The summed E-state index contributed by atoms with van der Waals surface area (Å²) < 4.78 is 1.91. The SMILES string of the molecule is c1cc(Cn2cccn2)cc(NCc2cncnc2)c1. The summed E-state index contributed by atoms with van der Waals surface area (Å²) in [6.07, 6.45) is 8.91. The standard InChI is InChI=1S/C15H15N5/c1-3-13(11-20-6-2-5-19-20)7-15(4-1)18-10-14-8-16-12-17-9-14/h1-9,12,18H,10-11H2. The van der Waals surface area contributed by atoms with Gasteiger partial charge in [-0.3, -0.25) is 4.68 Å². The molecule has 2 aromatic heterocycles. The Morgan fingerprint density at radius 3 is 2.75 bits per heavy atom. The van der Waals surface area contributed by atoms with Crippen molar-refractivity contribution in [3.8, 4) is 0 Å². The van der Waals surface area contributed by atoms with Gasteiger partial charge in [0.05, 0.1) is 6.54 Å². The summed E-state index contributed by atoms with van der Waals surface area (Å²) in [6, 6.07) is 10.3. The smallest absolute Gasteiger partial charge is 0.115 e. The Bertz CT molecular complexity index is 649. The molecule has 0 aliphatic rings. The first-order valence-electron chi connectivity index (χ1n) is 6.44. The topological polar surface area (TPSA) is 55.6 Å². The lowest BCUT2D eigenvalue weighted by molar-refractivity contribution is 0.687. The van der Waals surface area contributed by atoms with Gasteiger partial charge >= 0.3 is 0 Å². The Labute approximate surface area is 117 Å². The van der Waals surface area contributed by atoms with E-state index in [2.05, 4.69) is 38.6 Å². The number of hydrogen-bond acceptors (Lipinski definition) is 4. The fourth-order valence-corrected chi connectivity index (χ4v) is 1.99. The first kappa shape index (κ1) is 12.3. The summed E-state index contributed by atoms with van der Waals surface area (Å²) in [5.41, 5.74) is 3.35. The highest BCUT2D eigenvalue weighted by Gasteiger charge is 1.98. The second-order valence-corrected chi connectivity index (χ2v) is 4.50. The summed E-state index contributed by atoms with van der Waals surface area (Å²) in [7, 11) is 0. The molecule has 20 heavy (non-hydrogen) atoms. The van der Waals surface area contributed by atoms with Crippen LogP contribution >= 0.6 is 0 Å². The molecular formula is C15H15N5. The minimum absolute atomic E-state index is 0.714. The molecule has 0 amide bonds. The molecule has 0 saturated carbocycles. The second kappa shape index (κ2) is 5.97. The van der Waals surface area contributed by atoms with Crippen molar-refractivity contribution in [3.05, 3.63) is 72.6 Å². The van der Waals surface area contributed by atoms with Gasteiger partial charge in [-0.2, -0.15) is 5.10 Å². The summed E-state index contributed by atoms with van der Waals surface area (Å²) in [4.78, 5) is 8.00. The Kier molecular flexibility index (Phi) is 3.68. The second-order valence-electron chi connectivity index (χ2n) is 4.50. The molecule has 5 heteroatoms. The summed E-state index contributed by atoms with van der Waals surface area (Å²) in [6.45, 7) is 1.49. The fraction of sp³-hybridized carbons (Fsp3) is 0.133. The average Bonchev–Trinajstić information content (AvgIpc) is 3.00. The van der Waals surface area contributed by atoms with Gasteiger partial charge in [-0.1, -0.05) is 12.1 Å². The molecule has 1 aromatic carbocycles. The van der Waals surface area contributed by atoms with Crippen LogP contribution < -0.4 is 5.32 Å². The third kappa shape index (κ3) is 3.20. The zero-order valence-corrected chi connectivity index (χ0v) is 11.0. The van der Waals surface area contributed by atoms with Crippen LogP contribution in [-0.4, -0.2) is 19.7 Å². The highest BCUT2D eigenvalue weighted by Crippen LogP contribution is 2.12. The van der Waals surface area contributed by atoms with Gasteiger partial charge in [0.25, 0.3) is 0 Å². The van der Waals surface area contributed by atoms with Crippen molar-refractivity contribution in [1.82, 2.24) is 19.7 Å². The Morgan fingerprint density at radius 1 is 1.05 bits per heavy atom. The van der Waals surface area contributed by atoms with E-state index in [1.54, 1.807) is 6.20 Å². The quantitative estimate of drug-likeness (QED) is 0.769. The van der Waals surface area contributed by atoms with Gasteiger partial charge in [-0.25, -0.2) is 9.97 Å². The first-order chi connectivity index (χ1) is 9.90. The molecular weight excluding hydrogens is 250 g/mol. The molecule has 0 unspecified atom stereocenters. The van der Waals surface area contributed by atoms with E-state index in [0.29, 0.717) is 6.54 Å². The van der Waals surface area contributed by atoms with Gasteiger partial charge in [-0.05, 0) is 23.8 Å². The lowest BCUT2D eigenvalue weighted by Crippen LogP contribution is -2.03. The van der Waals surface area contributed by atoms with E-state index in [0.717, 1.165) is 17.8 Å². The molecule has 0 bridgehead atoms. The van der Waals surface area contributed by atoms with E-state index >= 15 is 0 Å². The first-order valence-corrected chi connectivity index (χ1v) is 6.44. The molecule has 0 atom stereocenters. The van der Waals surface area contributed by atoms with Crippen LogP contribution in [0.25, 0.3) is 0 Å². The maximum atomic E-state index is 4.21. The molecule has 0 saturated heterocycles. The van der Waals surface area contributed by atoms with Crippen LogP contribution in [0, 0.1) is 0 Å². The highest BCUT2D eigenvalue weighted by molar-refractivity contribution is 5.46. The summed E-state index contributed by atoms with van der Waals surface area (Å²) >= 11 is 0. The Balaban J connectivity index is 1.65. The molecule has 0 aliphatic carbocycles. The van der Waals surface area contributed by atoms with Crippen LogP contribution in [0.2, 0.25) is 0 Å². The Hall–Kier alpha value is -2.69. The van der Waals surface area contributed by atoms with Crippen LogP contribution in [0.4, 0.5) is 5.69 Å². The monoisotopic (exact) mass is 265 g/mol. The minimum atomic E-state index is 0.714. The van der Waals surface area contributed by atoms with Gasteiger partial charge in [0.1, 0.15) is 6.33 Å². The summed E-state index contributed by atoms with van der Waals surface area (Å²) in [5.74, 6) is 0. The van der Waals surface area contributed by atoms with E-state index in [9.17, 15) is 0 Å². The van der Waals surface area contributed by atoms with Crippen molar-refractivity contribution in [3.63, 3.8) is 0 Å². The lowest BCUT2D eigenvalue weighted by atomic mass is 10.2. The third-order valence-corrected chi connectivity index (χ3v) is 2.94. The molecule has 0 fully saturated rings. The van der Waals surface area contributed by atoms with Gasteiger partial charge in [0.2, 0.25) is 0 Å². The van der Waals surface area contributed by atoms with Crippen molar-refractivity contribution in [1.29, 1.82) is 0 Å². The number of aromatic nitrogens is 4. The zero-order valence-electron chi connectivity index (χ0n) is 11.0. The fourth-order valence-electron chi connectivity index (χ4n) is 1.99. The molecule has 100 valence electrons. The van der Waals surface area contributed by atoms with E-state index in [-0.39, 0.29) is 0 Å². The van der Waals surface area contributed by atoms with Crippen molar-refractivity contribution in [2.45, 2.75) is 13.1 Å². The van der Waals surface area contributed by atoms with Gasteiger partial charge < -0.3 is 5.32 Å². The van der Waals surface area contributed by atoms with Crippen LogP contribution in [0.15, 0.2) is 61.4 Å². The number of rotatable bonds is 5. The van der Waals surface area contributed by atoms with Crippen molar-refractivity contribution >= 4 is 5.69 Å². The average molecular weight is 265 g/mol. The number of benzene rings is 1. The number of nitrogens with one attached hydrogen (secondary N) is 1. The molecule has 5 nitrogen and oxygen atoms in total. The van der Waals surface area contributed by atoms with Crippen molar-refractivity contribution in [2.24, 2.45) is 0 Å². The van der Waals surface area contributed by atoms with Crippen LogP contribution in [0.1, 0.15) is 11.1 Å². The molecule has 3 aromatic rings. The molecule has 2 heterocycles. The lowest BCUT2D eigenvalue weighted by Gasteiger charge is -2.08. The van der Waals surface area contributed by atoms with E-state index < -0.39 is 0 Å². The van der Waals surface area contributed by atoms with Gasteiger partial charge in [0.15, 0.2) is 0 Å². The van der Waals surface area contributed by atoms with E-state index in [1.165, 1.54) is 11.9 Å². The van der Waals surface area contributed by atoms with E-state index in [1.807, 2.05) is 35.4 Å². The molecule has 0 aliphatic heterocycles. The zero-order chi connectivity index (χ0) is 13.6. The number of hydrogen-bond donors (Lipinski definition) is 1. The number of anilines is 1. The van der Waals surface area contributed by atoms with Crippen molar-refractivity contribution in [2.75, 3.05) is 5.32 Å². The van der Waals surface area contributed by atoms with Gasteiger partial charge in [0, 0.05) is 42.6 Å². The predicted molar refractivity (Wildman–Crippen MR) is 77.1 cm³/mol. The molecule has 1 N–H and O–H groups in total. The van der Waals surface area contributed by atoms with Crippen molar-refractivity contribution < 1.29 is 0 Å². The third-order valence-electron chi connectivity index (χ3n) is 2.94. The largest absolute Gasteiger partial charge is 0.381 e. The molecule has 0 radical (unpaired) electrons. The predicted octanol–water partition coefficient (Wildman–Crippen LogP) is 2.33. The Morgan fingerprint density at radius 2 is 1.95 bits per heavy atom. The normalized spacial score (nSPS) is 10.4. The van der Waals surface area contributed by atoms with Crippen LogP contribution in [-0.2, 0) is 13.1 Å². The van der Waals surface area contributed by atoms with Crippen LogP contribution in [0.3, 0.4) is 0 Å². The maximum absolute atomic E-state index is 4.21. The van der Waals surface area contributed by atoms with E-state index in [4.69, 9.17) is 0 Å². The number of nitrogens with zero attached hydrogens (tertiary/aromatic N) is 4. The minimum Gasteiger partial charge on any atom is -0.381 e. The van der Waals surface area contributed by atoms with Gasteiger partial charge in [-0.15, -0.1) is 0 Å².